The number of alkyl carbamates (subject to hydrolysis) is 1. The summed E-state index contributed by atoms with van der Waals surface area (Å²) in [6.07, 6.45) is 31.6. The molecule has 17 heteroatoms. The van der Waals surface area contributed by atoms with Gasteiger partial charge in [-0.3, -0.25) is 4.79 Å². The number of rotatable bonds is 26. The Hall–Kier alpha value is 7.33. The molecule has 3 fully saturated rings. The normalized spacial score (nSPS) is 25.3. The number of hydrogen-bond acceptors (Lipinski definition) is 5. The molecule has 0 aromatic heterocycles. The van der Waals surface area contributed by atoms with Gasteiger partial charge in [-0.25, -0.2) is 4.79 Å². The largest absolute Gasteiger partial charge is 0.504 e. The first-order valence-corrected chi connectivity index (χ1v) is 25.0. The summed E-state index contributed by atoms with van der Waals surface area (Å²) in [5, 5.41) is 6.09. The van der Waals surface area contributed by atoms with Crippen LogP contribution in [0.2, 0.25) is 0 Å². The first-order chi connectivity index (χ1) is 26.4. The van der Waals surface area contributed by atoms with E-state index in [1.807, 2.05) is 0 Å². The molecule has 2 amide bonds. The third kappa shape index (κ3) is 29.2. The van der Waals surface area contributed by atoms with Gasteiger partial charge in [-0.2, -0.15) is 0 Å². The second-order valence-electron chi connectivity index (χ2n) is 19.5. The van der Waals surface area contributed by atoms with Crippen LogP contribution in [0.1, 0.15) is 195 Å². The van der Waals surface area contributed by atoms with Crippen molar-refractivity contribution in [3.63, 3.8) is 0 Å². The molecule has 0 heterocycles. The third-order valence-electron chi connectivity index (χ3n) is 15.0. The van der Waals surface area contributed by atoms with Gasteiger partial charge in [-0.1, -0.05) is 123 Å². The van der Waals surface area contributed by atoms with Gasteiger partial charge in [0.1, 0.15) is 12.7 Å². The first kappa shape index (κ1) is 82.7. The Kier molecular flexibility index (Phi) is 60.0. The zero-order valence-corrected chi connectivity index (χ0v) is 65.1. The van der Waals surface area contributed by atoms with Crippen molar-refractivity contribution in [2.45, 2.75) is 201 Å². The number of unbranched alkanes of at least 4 members (excludes halogenated alkanes) is 11. The molecule has 1 unspecified atom stereocenters. The molecule has 64 heavy (non-hydrogen) atoms. The average Bonchev–Trinajstić information content (AvgIpc) is 3.50. The summed E-state index contributed by atoms with van der Waals surface area (Å²) >= 11 is 0. The fourth-order valence-corrected chi connectivity index (χ4v) is 12.3. The van der Waals surface area contributed by atoms with Crippen LogP contribution in [0.3, 0.4) is 0 Å². The van der Waals surface area contributed by atoms with E-state index in [1.54, 1.807) is 12.2 Å². The minimum Gasteiger partial charge on any atom is -0.446 e. The van der Waals surface area contributed by atoms with Crippen LogP contribution < -0.4 is 10.6 Å². The summed E-state index contributed by atoms with van der Waals surface area (Å²) < 4.78 is 22.0. The van der Waals surface area contributed by atoms with Gasteiger partial charge in [-0.15, -0.1) is 4.52 Å². The summed E-state index contributed by atoms with van der Waals surface area (Å²) in [6.45, 7) is 16.2. The Morgan fingerprint density at radius 1 is 0.703 bits per heavy atom. The molecule has 0 saturated heterocycles. The van der Waals surface area contributed by atoms with Crippen molar-refractivity contribution < 1.29 is 291 Å². The van der Waals surface area contributed by atoms with Crippen LogP contribution in [-0.4, -0.2) is 49.9 Å². The Morgan fingerprint density at radius 2 is 1.27 bits per heavy atom. The van der Waals surface area contributed by atoms with Gasteiger partial charge in [0, 0.05) is 288 Å². The average molecular weight is 1520 g/mol. The summed E-state index contributed by atoms with van der Waals surface area (Å²) in [4.78, 5) is 24.8. The Bertz CT molecular complexity index is 1250. The maximum Gasteiger partial charge on any atom is 0.504 e. The predicted molar refractivity (Wildman–Crippen MR) is 232 cm³/mol. The van der Waals surface area contributed by atoms with E-state index in [2.05, 4.69) is 51.3 Å². The van der Waals surface area contributed by atoms with Crippen LogP contribution in [-0.2, 0) is 280 Å². The zero-order valence-electron chi connectivity index (χ0n) is 41.5. The number of amides is 2. The van der Waals surface area contributed by atoms with Crippen molar-refractivity contribution in [1.82, 2.24) is 10.6 Å². The number of allylic oxidation sites excluding steroid dienone is 1. The number of carbonyl (C=O) groups excluding carboxylic acids is 2. The smallest absolute Gasteiger partial charge is 0.446 e. The molecule has 0 aromatic carbocycles. The van der Waals surface area contributed by atoms with Gasteiger partial charge in [0.05, 0.1) is 0 Å². The number of fused-ring (bicyclic) bond motifs is 5. The van der Waals surface area contributed by atoms with E-state index in [-0.39, 0.29) is 291 Å². The first-order valence-electron chi connectivity index (χ1n) is 23.4. The number of carbonyl (C=O) groups is 2. The SMILES string of the molecule is CC(C)CCC[C@@H](C)[C@H]1CC[C@H]2[C@@H]3CC=C4C[C@@H](OC(=O)NCCCCCCCCCCCC(=O)NCCCCCCO[P+](C)=O)CC[C@]4(C)[C@H]3CC[C@]12C.O.[Y].[Y].[Y].[Y].[Y].[Y].[Y].[Y]. The van der Waals surface area contributed by atoms with Gasteiger partial charge in [-0.05, 0) is 122 Å². The molecule has 348 valence electrons. The topological polar surface area (TPSA) is 125 Å². The quantitative estimate of drug-likeness (QED) is 0.0507. The maximum absolute atomic E-state index is 12.8. The van der Waals surface area contributed by atoms with E-state index in [9.17, 15) is 14.2 Å². The molecule has 0 aromatic rings. The third-order valence-corrected chi connectivity index (χ3v) is 15.6. The van der Waals surface area contributed by atoms with Crippen molar-refractivity contribution in [2.24, 2.45) is 46.3 Å². The van der Waals surface area contributed by atoms with Crippen molar-refractivity contribution in [2.75, 3.05) is 26.4 Å². The van der Waals surface area contributed by atoms with Crippen LogP contribution in [0.5, 0.6) is 0 Å². The van der Waals surface area contributed by atoms with Crippen molar-refractivity contribution in [1.29, 1.82) is 0 Å². The second-order valence-corrected chi connectivity index (χ2v) is 20.6. The fourth-order valence-electron chi connectivity index (χ4n) is 11.9. The molecule has 0 aliphatic heterocycles. The van der Waals surface area contributed by atoms with Crippen LogP contribution >= 0.6 is 8.03 Å². The Labute approximate surface area is 595 Å². The van der Waals surface area contributed by atoms with Gasteiger partial charge >= 0.3 is 14.1 Å². The number of hydrogen-bond donors (Lipinski definition) is 2. The molecule has 0 spiro atoms. The van der Waals surface area contributed by atoms with E-state index < -0.39 is 8.03 Å². The molecule has 4 rings (SSSR count). The molecule has 8 radical (unpaired) electrons. The molecule has 4 aliphatic rings. The van der Waals surface area contributed by atoms with Crippen LogP contribution in [0.25, 0.3) is 0 Å². The van der Waals surface area contributed by atoms with E-state index in [0.717, 1.165) is 113 Å². The molecular formula is C47H86N2O6PY8+. The summed E-state index contributed by atoms with van der Waals surface area (Å²) in [6, 6.07) is 0. The van der Waals surface area contributed by atoms with Crippen molar-refractivity contribution in [3.05, 3.63) is 11.6 Å². The van der Waals surface area contributed by atoms with Crippen LogP contribution in [0.15, 0.2) is 11.6 Å². The zero-order chi connectivity index (χ0) is 39.7. The molecule has 0 bridgehead atoms. The molecule has 4 aliphatic carbocycles. The number of nitrogens with one attached hydrogen (secondary N) is 2. The second kappa shape index (κ2) is 46.4. The van der Waals surface area contributed by atoms with Gasteiger partial charge in [0.2, 0.25) is 5.91 Å². The molecule has 4 N–H and O–H groups in total. The van der Waals surface area contributed by atoms with Crippen molar-refractivity contribution in [3.8, 4) is 0 Å². The standard InChI is InChI=1S/C47H83N2O5P.H2O.8Y/c1-36(2)21-20-22-37(3)41-26-27-42-40-25-24-38-35-39(28-30-46(38,4)43(40)29-31-47(41,42)5)54-45(51)49-33-18-13-11-9-7-8-10-12-16-23-44(50)48-32-17-14-15-19-34-53-55(6)52;;;;;;;;;/h24,36-37,39-43H,7-23,25-35H2,1-6H3,(H-,48,49,50,51);1H2;;;;;;;;/p+1/t37-,39+,40+,41-,42+,43+,46+,47-;;;;;;;;;/m1........./s1. The van der Waals surface area contributed by atoms with E-state index in [4.69, 9.17) is 9.26 Å². The predicted octanol–water partition coefficient (Wildman–Crippen LogP) is 12.2. The maximum atomic E-state index is 12.8. The van der Waals surface area contributed by atoms with Crippen molar-refractivity contribution >= 4 is 20.0 Å². The minimum atomic E-state index is -1.49. The Balaban J connectivity index is -0.000000934. The Morgan fingerprint density at radius 3 is 1.86 bits per heavy atom. The molecule has 3 saturated carbocycles. The molecule has 9 atom stereocenters. The van der Waals surface area contributed by atoms with Crippen LogP contribution in [0.4, 0.5) is 4.79 Å². The van der Waals surface area contributed by atoms with E-state index in [0.29, 0.717) is 25.0 Å². The van der Waals surface area contributed by atoms with Gasteiger partial charge < -0.3 is 20.8 Å². The van der Waals surface area contributed by atoms with Gasteiger partial charge in [0.15, 0.2) is 6.66 Å². The minimum absolute atomic E-state index is 0. The van der Waals surface area contributed by atoms with E-state index in [1.165, 1.54) is 83.5 Å². The number of ether oxygens (including phenoxy) is 1. The fraction of sp³-hybridized carbons (Fsp3) is 0.915. The van der Waals surface area contributed by atoms with E-state index >= 15 is 0 Å². The van der Waals surface area contributed by atoms with Gasteiger partial charge in [0.25, 0.3) is 0 Å². The summed E-state index contributed by atoms with van der Waals surface area (Å²) in [7, 11) is -1.49. The summed E-state index contributed by atoms with van der Waals surface area (Å²) in [5.74, 6) is 5.28. The summed E-state index contributed by atoms with van der Waals surface area (Å²) in [5.41, 5.74) is 2.41. The molecular weight excluding hydrogens is 1430 g/mol. The van der Waals surface area contributed by atoms with Crippen LogP contribution in [0, 0.1) is 46.3 Å². The monoisotopic (exact) mass is 1520 g/mol. The molecule has 8 nitrogen and oxygen atoms in total.